The number of benzene rings is 2. The third-order valence-corrected chi connectivity index (χ3v) is 3.58. The fraction of sp³-hybridized carbons (Fsp3) is 0.105. The van der Waals surface area contributed by atoms with E-state index in [4.69, 9.17) is 15.7 Å². The smallest absolute Gasteiger partial charge is 0.221 e. The summed E-state index contributed by atoms with van der Waals surface area (Å²) in [6.45, 7) is 2.21. The molecule has 2 aromatic carbocycles. The fourth-order valence-electron chi connectivity index (χ4n) is 2.29. The predicted molar refractivity (Wildman–Crippen MR) is 96.3 cm³/mol. The molecule has 6 nitrogen and oxygen atoms in total. The van der Waals surface area contributed by atoms with Gasteiger partial charge in [0.15, 0.2) is 0 Å². The Morgan fingerprint density at radius 2 is 2.00 bits per heavy atom. The third-order valence-electron chi connectivity index (χ3n) is 3.58. The van der Waals surface area contributed by atoms with E-state index < -0.39 is 0 Å². The van der Waals surface area contributed by atoms with Gasteiger partial charge in [-0.2, -0.15) is 10.4 Å². The molecule has 0 unspecified atom stereocenters. The summed E-state index contributed by atoms with van der Waals surface area (Å²) in [5.41, 5.74) is 8.96. The van der Waals surface area contributed by atoms with E-state index in [1.165, 1.54) is 4.68 Å². The molecule has 0 saturated carbocycles. The van der Waals surface area contributed by atoms with E-state index in [0.717, 1.165) is 22.6 Å². The second kappa shape index (κ2) is 7.32. The number of aryl methyl sites for hydroxylation is 1. The minimum absolute atomic E-state index is 0.349. The van der Waals surface area contributed by atoms with Crippen LogP contribution < -0.4 is 10.5 Å². The van der Waals surface area contributed by atoms with Crippen molar-refractivity contribution in [3.05, 3.63) is 77.1 Å². The summed E-state index contributed by atoms with van der Waals surface area (Å²) in [5, 5.41) is 13.4. The van der Waals surface area contributed by atoms with Crippen molar-refractivity contribution >= 4 is 12.2 Å². The van der Waals surface area contributed by atoms with Gasteiger partial charge in [0.25, 0.3) is 0 Å². The lowest BCUT2D eigenvalue weighted by atomic mass is 10.1. The molecule has 3 aromatic rings. The van der Waals surface area contributed by atoms with E-state index in [1.54, 1.807) is 18.5 Å². The van der Waals surface area contributed by atoms with Crippen LogP contribution in [0.4, 0.5) is 5.95 Å². The minimum atomic E-state index is 0.349. The molecule has 1 aromatic heterocycles. The summed E-state index contributed by atoms with van der Waals surface area (Å²) >= 11 is 0. The molecule has 0 aliphatic heterocycles. The number of nitrogen functional groups attached to an aromatic ring is 1. The molecule has 0 atom stereocenters. The third kappa shape index (κ3) is 4.03. The Morgan fingerprint density at radius 3 is 2.68 bits per heavy atom. The Balaban J connectivity index is 1.64. The Labute approximate surface area is 145 Å². The number of aromatic nitrogens is 2. The van der Waals surface area contributed by atoms with Crippen molar-refractivity contribution in [1.82, 2.24) is 9.66 Å². The molecule has 0 amide bonds. The van der Waals surface area contributed by atoms with Crippen LogP contribution in [0.25, 0.3) is 0 Å². The van der Waals surface area contributed by atoms with E-state index in [2.05, 4.69) is 16.2 Å². The molecule has 25 heavy (non-hydrogen) atoms. The molecule has 0 bridgehead atoms. The fourth-order valence-corrected chi connectivity index (χ4v) is 2.29. The van der Waals surface area contributed by atoms with Crippen LogP contribution in [0, 0.1) is 18.3 Å². The Bertz CT molecular complexity index is 935. The Kier molecular flexibility index (Phi) is 4.77. The quantitative estimate of drug-likeness (QED) is 0.727. The number of rotatable bonds is 5. The first-order chi connectivity index (χ1) is 12.2. The minimum Gasteiger partial charge on any atom is -0.489 e. The molecule has 0 saturated heterocycles. The first kappa shape index (κ1) is 16.3. The summed E-state index contributed by atoms with van der Waals surface area (Å²) in [5.74, 6) is 1.08. The molecular weight excluding hydrogens is 314 g/mol. The molecule has 0 aliphatic rings. The van der Waals surface area contributed by atoms with Crippen LogP contribution in [0.3, 0.4) is 0 Å². The Hall–Kier alpha value is -3.59. The van der Waals surface area contributed by atoms with Crippen LogP contribution in [0.1, 0.15) is 22.4 Å². The number of nitrogens with zero attached hydrogens (tertiary/aromatic N) is 4. The van der Waals surface area contributed by atoms with Gasteiger partial charge in [-0.25, -0.2) is 9.66 Å². The zero-order chi connectivity index (χ0) is 17.6. The largest absolute Gasteiger partial charge is 0.489 e. The van der Waals surface area contributed by atoms with E-state index >= 15 is 0 Å². The lowest BCUT2D eigenvalue weighted by Gasteiger charge is -2.07. The molecule has 6 heteroatoms. The van der Waals surface area contributed by atoms with Gasteiger partial charge in [0.2, 0.25) is 5.95 Å². The summed E-state index contributed by atoms with van der Waals surface area (Å²) in [4.78, 5) is 4.09. The molecule has 124 valence electrons. The van der Waals surface area contributed by atoms with Crippen molar-refractivity contribution in [3.8, 4) is 11.8 Å². The van der Waals surface area contributed by atoms with Crippen molar-refractivity contribution in [2.24, 2.45) is 5.10 Å². The van der Waals surface area contributed by atoms with Gasteiger partial charge < -0.3 is 10.5 Å². The van der Waals surface area contributed by atoms with Crippen molar-refractivity contribution < 1.29 is 4.74 Å². The van der Waals surface area contributed by atoms with Gasteiger partial charge in [-0.3, -0.25) is 0 Å². The molecule has 0 spiro atoms. The SMILES string of the molecule is Cc1cn(N=Cc2ccc(OCc3ccccc3C#N)cc2)c(N)n1. The monoisotopic (exact) mass is 331 g/mol. The van der Waals surface area contributed by atoms with Gasteiger partial charge in [-0.05, 0) is 42.8 Å². The highest BCUT2D eigenvalue weighted by molar-refractivity contribution is 5.79. The first-order valence-corrected chi connectivity index (χ1v) is 7.72. The first-order valence-electron chi connectivity index (χ1n) is 7.72. The van der Waals surface area contributed by atoms with Crippen LogP contribution in [0.2, 0.25) is 0 Å². The van der Waals surface area contributed by atoms with Crippen LogP contribution in [-0.2, 0) is 6.61 Å². The molecule has 1 heterocycles. The van der Waals surface area contributed by atoms with Gasteiger partial charge >= 0.3 is 0 Å². The highest BCUT2D eigenvalue weighted by atomic mass is 16.5. The standard InChI is InChI=1S/C19H17N5O/c1-14-12-24(19(21)23-14)22-11-15-6-8-18(9-7-15)25-13-17-5-3-2-4-16(17)10-20/h2-9,11-12H,13H2,1H3,(H2,21,23). The maximum atomic E-state index is 9.09. The highest BCUT2D eigenvalue weighted by Gasteiger charge is 2.02. The number of nitriles is 1. The maximum Gasteiger partial charge on any atom is 0.221 e. The number of ether oxygens (including phenoxy) is 1. The van der Waals surface area contributed by atoms with Crippen LogP contribution in [0.15, 0.2) is 59.8 Å². The second-order valence-electron chi connectivity index (χ2n) is 5.46. The lowest BCUT2D eigenvalue weighted by Crippen LogP contribution is -1.98. The number of hydrogen-bond donors (Lipinski definition) is 1. The highest BCUT2D eigenvalue weighted by Crippen LogP contribution is 2.15. The lowest BCUT2D eigenvalue weighted by molar-refractivity contribution is 0.306. The molecule has 0 radical (unpaired) electrons. The topological polar surface area (TPSA) is 89.2 Å². The van der Waals surface area contributed by atoms with E-state index in [1.807, 2.05) is 49.4 Å². The van der Waals surface area contributed by atoms with Crippen molar-refractivity contribution in [1.29, 1.82) is 5.26 Å². The van der Waals surface area contributed by atoms with Gasteiger partial charge in [0.05, 0.1) is 29.7 Å². The summed E-state index contributed by atoms with van der Waals surface area (Å²) in [6.07, 6.45) is 3.46. The predicted octanol–water partition coefficient (Wildman–Crippen LogP) is 3.11. The zero-order valence-corrected chi connectivity index (χ0v) is 13.8. The maximum absolute atomic E-state index is 9.09. The Morgan fingerprint density at radius 1 is 1.24 bits per heavy atom. The summed E-state index contributed by atoms with van der Waals surface area (Å²) in [6, 6.07) is 17.1. The molecular formula is C19H17N5O. The number of anilines is 1. The molecule has 3 rings (SSSR count). The second-order valence-corrected chi connectivity index (χ2v) is 5.46. The molecule has 0 aliphatic carbocycles. The number of imidazole rings is 1. The summed E-state index contributed by atoms with van der Waals surface area (Å²) < 4.78 is 7.27. The van der Waals surface area contributed by atoms with E-state index in [-0.39, 0.29) is 0 Å². The van der Waals surface area contributed by atoms with Crippen LogP contribution in [0.5, 0.6) is 5.75 Å². The molecule has 0 fully saturated rings. The van der Waals surface area contributed by atoms with Crippen molar-refractivity contribution in [2.45, 2.75) is 13.5 Å². The average molecular weight is 331 g/mol. The van der Waals surface area contributed by atoms with Crippen molar-refractivity contribution in [3.63, 3.8) is 0 Å². The van der Waals surface area contributed by atoms with Gasteiger partial charge in [-0.1, -0.05) is 18.2 Å². The van der Waals surface area contributed by atoms with Crippen LogP contribution >= 0.6 is 0 Å². The van der Waals surface area contributed by atoms with Crippen molar-refractivity contribution in [2.75, 3.05) is 5.73 Å². The number of hydrogen-bond acceptors (Lipinski definition) is 5. The van der Waals surface area contributed by atoms with E-state index in [9.17, 15) is 0 Å². The van der Waals surface area contributed by atoms with Gasteiger partial charge in [0, 0.05) is 5.56 Å². The van der Waals surface area contributed by atoms with E-state index in [0.29, 0.717) is 18.1 Å². The van der Waals surface area contributed by atoms with Crippen LogP contribution in [-0.4, -0.2) is 15.9 Å². The zero-order valence-electron chi connectivity index (χ0n) is 13.8. The average Bonchev–Trinajstić information content (AvgIpc) is 2.96. The van der Waals surface area contributed by atoms with Gasteiger partial charge in [0.1, 0.15) is 12.4 Å². The number of nitrogens with two attached hydrogens (primary N) is 1. The molecule has 2 N–H and O–H groups in total. The van der Waals surface area contributed by atoms with Gasteiger partial charge in [-0.15, -0.1) is 0 Å². The normalized spacial score (nSPS) is 10.7. The summed E-state index contributed by atoms with van der Waals surface area (Å²) in [7, 11) is 0.